The van der Waals surface area contributed by atoms with E-state index in [4.69, 9.17) is 34.7 Å². The second-order valence-electron chi connectivity index (χ2n) is 5.83. The molecule has 0 amide bonds. The average molecular weight is 368 g/mol. The maximum atomic E-state index is 6.31. The second-order valence-corrected chi connectivity index (χ2v) is 6.67. The van der Waals surface area contributed by atoms with Crippen LogP contribution in [-0.4, -0.2) is 45.5 Å². The van der Waals surface area contributed by atoms with Crippen molar-refractivity contribution in [1.29, 1.82) is 0 Å². The van der Waals surface area contributed by atoms with E-state index in [1.165, 1.54) is 0 Å². The van der Waals surface area contributed by atoms with Gasteiger partial charge in [-0.05, 0) is 25.1 Å². The molecule has 0 radical (unpaired) electrons. The molecule has 1 unspecified atom stereocenters. The number of hydrogen-bond donors (Lipinski definition) is 2. The second kappa shape index (κ2) is 6.96. The van der Waals surface area contributed by atoms with Crippen molar-refractivity contribution in [1.82, 2.24) is 19.9 Å². The van der Waals surface area contributed by atoms with Crippen LogP contribution < -0.4 is 16.4 Å². The molecule has 128 valence electrons. The van der Waals surface area contributed by atoms with E-state index in [0.29, 0.717) is 22.4 Å². The Morgan fingerprint density at radius 2 is 1.83 bits per heavy atom. The van der Waals surface area contributed by atoms with Crippen LogP contribution in [0.4, 0.5) is 17.6 Å². The number of benzene rings is 1. The van der Waals surface area contributed by atoms with E-state index in [1.54, 1.807) is 6.07 Å². The first kappa shape index (κ1) is 17.0. The summed E-state index contributed by atoms with van der Waals surface area (Å²) in [5.41, 5.74) is 12.2. The number of nitrogens with zero attached hydrogens (tertiary/aromatic N) is 5. The fourth-order valence-electron chi connectivity index (χ4n) is 2.89. The van der Waals surface area contributed by atoms with E-state index in [2.05, 4.69) is 31.7 Å². The molecule has 1 saturated heterocycles. The van der Waals surface area contributed by atoms with Crippen LogP contribution in [0, 0.1) is 0 Å². The Morgan fingerprint density at radius 3 is 2.50 bits per heavy atom. The Morgan fingerprint density at radius 1 is 1.12 bits per heavy atom. The van der Waals surface area contributed by atoms with Crippen LogP contribution in [0.25, 0.3) is 0 Å². The maximum absolute atomic E-state index is 6.31. The van der Waals surface area contributed by atoms with Crippen LogP contribution in [0.2, 0.25) is 10.0 Å². The van der Waals surface area contributed by atoms with Crippen LogP contribution in [0.15, 0.2) is 18.2 Å². The number of hydrogen-bond acceptors (Lipinski definition) is 7. The standard InChI is InChI=1S/C15H19Cl2N7/c1-9-7-24(12-6-10(16)2-3-11(12)17)5-4-23(9)8-13-20-14(18)22-15(19)21-13/h2-3,6,9H,4-5,7-8H2,1H3,(H4,18,19,20,21,22). The van der Waals surface area contributed by atoms with Gasteiger partial charge in [-0.3, -0.25) is 4.90 Å². The van der Waals surface area contributed by atoms with Crippen molar-refractivity contribution in [2.75, 3.05) is 36.0 Å². The predicted octanol–water partition coefficient (Wildman–Crippen LogP) is 2.05. The molecule has 1 atom stereocenters. The molecule has 9 heteroatoms. The van der Waals surface area contributed by atoms with Gasteiger partial charge in [-0.1, -0.05) is 23.2 Å². The van der Waals surface area contributed by atoms with Crippen molar-refractivity contribution in [2.45, 2.75) is 19.5 Å². The topological polar surface area (TPSA) is 97.2 Å². The van der Waals surface area contributed by atoms with Gasteiger partial charge in [0.15, 0.2) is 0 Å². The zero-order chi connectivity index (χ0) is 17.3. The van der Waals surface area contributed by atoms with E-state index in [-0.39, 0.29) is 17.9 Å². The van der Waals surface area contributed by atoms with Gasteiger partial charge in [0.05, 0.1) is 17.3 Å². The lowest BCUT2D eigenvalue weighted by atomic mass is 10.1. The molecule has 24 heavy (non-hydrogen) atoms. The summed E-state index contributed by atoms with van der Waals surface area (Å²) in [6, 6.07) is 5.81. The third-order valence-electron chi connectivity index (χ3n) is 4.07. The smallest absolute Gasteiger partial charge is 0.225 e. The number of nitrogen functional groups attached to an aromatic ring is 2. The van der Waals surface area contributed by atoms with Gasteiger partial charge in [-0.15, -0.1) is 0 Å². The lowest BCUT2D eigenvalue weighted by molar-refractivity contribution is 0.176. The number of anilines is 3. The minimum atomic E-state index is 0.148. The van der Waals surface area contributed by atoms with Gasteiger partial charge in [0.2, 0.25) is 11.9 Å². The summed E-state index contributed by atoms with van der Waals surface area (Å²) in [5, 5.41) is 1.39. The lowest BCUT2D eigenvalue weighted by Gasteiger charge is -2.41. The third-order valence-corrected chi connectivity index (χ3v) is 4.63. The quantitative estimate of drug-likeness (QED) is 0.856. The zero-order valence-corrected chi connectivity index (χ0v) is 14.8. The first-order valence-corrected chi connectivity index (χ1v) is 8.38. The molecule has 1 aliphatic heterocycles. The van der Waals surface area contributed by atoms with Crippen molar-refractivity contribution in [3.63, 3.8) is 0 Å². The van der Waals surface area contributed by atoms with Crippen LogP contribution in [0.5, 0.6) is 0 Å². The van der Waals surface area contributed by atoms with Crippen molar-refractivity contribution in [2.24, 2.45) is 0 Å². The first-order chi connectivity index (χ1) is 11.4. The minimum absolute atomic E-state index is 0.148. The molecule has 1 aromatic heterocycles. The van der Waals surface area contributed by atoms with Crippen molar-refractivity contribution < 1.29 is 0 Å². The summed E-state index contributed by atoms with van der Waals surface area (Å²) < 4.78 is 0. The highest BCUT2D eigenvalue weighted by Crippen LogP contribution is 2.30. The van der Waals surface area contributed by atoms with Gasteiger partial charge < -0.3 is 16.4 Å². The highest BCUT2D eigenvalue weighted by Gasteiger charge is 2.26. The molecule has 2 aromatic rings. The highest BCUT2D eigenvalue weighted by atomic mass is 35.5. The van der Waals surface area contributed by atoms with E-state index in [0.717, 1.165) is 25.3 Å². The summed E-state index contributed by atoms with van der Waals surface area (Å²) in [5.74, 6) is 0.880. The van der Waals surface area contributed by atoms with Crippen LogP contribution in [0.1, 0.15) is 12.7 Å². The molecule has 1 aromatic carbocycles. The molecule has 2 heterocycles. The van der Waals surface area contributed by atoms with E-state index in [1.807, 2.05) is 12.1 Å². The fraction of sp³-hybridized carbons (Fsp3) is 0.400. The maximum Gasteiger partial charge on any atom is 0.225 e. The molecule has 0 bridgehead atoms. The van der Waals surface area contributed by atoms with E-state index >= 15 is 0 Å². The molecule has 0 spiro atoms. The zero-order valence-electron chi connectivity index (χ0n) is 13.3. The summed E-state index contributed by atoms with van der Waals surface area (Å²) in [7, 11) is 0. The molecule has 3 rings (SSSR count). The van der Waals surface area contributed by atoms with Gasteiger partial charge in [-0.2, -0.15) is 15.0 Å². The number of halogens is 2. The van der Waals surface area contributed by atoms with Gasteiger partial charge in [0, 0.05) is 30.7 Å². The van der Waals surface area contributed by atoms with Gasteiger partial charge in [-0.25, -0.2) is 0 Å². The predicted molar refractivity (Wildman–Crippen MR) is 97.2 cm³/mol. The van der Waals surface area contributed by atoms with E-state index in [9.17, 15) is 0 Å². The molecule has 0 saturated carbocycles. The summed E-state index contributed by atoms with van der Waals surface area (Å²) in [6.45, 7) is 5.24. The number of nitrogens with two attached hydrogens (primary N) is 2. The van der Waals surface area contributed by atoms with Gasteiger partial charge in [0.25, 0.3) is 0 Å². The molecular weight excluding hydrogens is 349 g/mol. The first-order valence-electron chi connectivity index (χ1n) is 7.62. The lowest BCUT2D eigenvalue weighted by Crippen LogP contribution is -2.51. The fourth-order valence-corrected chi connectivity index (χ4v) is 3.29. The van der Waals surface area contributed by atoms with Crippen LogP contribution >= 0.6 is 23.2 Å². The molecular formula is C15H19Cl2N7. The number of aromatic nitrogens is 3. The SMILES string of the molecule is CC1CN(c2cc(Cl)ccc2Cl)CCN1Cc1nc(N)nc(N)n1. The Hall–Kier alpha value is -1.83. The normalized spacial score (nSPS) is 18.8. The van der Waals surface area contributed by atoms with Crippen LogP contribution in [-0.2, 0) is 6.54 Å². The van der Waals surface area contributed by atoms with Crippen molar-refractivity contribution >= 4 is 40.8 Å². The Bertz CT molecular complexity index is 720. The molecule has 1 fully saturated rings. The van der Waals surface area contributed by atoms with Crippen LogP contribution in [0.3, 0.4) is 0 Å². The largest absolute Gasteiger partial charge is 0.368 e. The monoisotopic (exact) mass is 367 g/mol. The Balaban J connectivity index is 1.70. The molecule has 1 aliphatic rings. The summed E-state index contributed by atoms with van der Waals surface area (Å²) in [4.78, 5) is 16.6. The number of rotatable bonds is 3. The van der Waals surface area contributed by atoms with Gasteiger partial charge >= 0.3 is 0 Å². The molecule has 7 nitrogen and oxygen atoms in total. The van der Waals surface area contributed by atoms with Crippen molar-refractivity contribution in [3.8, 4) is 0 Å². The van der Waals surface area contributed by atoms with Gasteiger partial charge in [0.1, 0.15) is 5.82 Å². The Labute approximate surface area is 150 Å². The van der Waals surface area contributed by atoms with Crippen molar-refractivity contribution in [3.05, 3.63) is 34.1 Å². The summed E-state index contributed by atoms with van der Waals surface area (Å²) >= 11 is 12.4. The average Bonchev–Trinajstić information content (AvgIpc) is 2.51. The minimum Gasteiger partial charge on any atom is -0.368 e. The molecule has 4 N–H and O–H groups in total. The highest BCUT2D eigenvalue weighted by molar-refractivity contribution is 6.35. The third kappa shape index (κ3) is 3.80. The Kier molecular flexibility index (Phi) is 4.93. The molecule has 0 aliphatic carbocycles. The van der Waals surface area contributed by atoms with E-state index < -0.39 is 0 Å². The number of piperazine rings is 1. The summed E-state index contributed by atoms with van der Waals surface area (Å²) in [6.07, 6.45) is 0.